The third-order valence-electron chi connectivity index (χ3n) is 6.08. The molecule has 0 aromatic rings. The van der Waals surface area contributed by atoms with Gasteiger partial charge in [-0.15, -0.1) is 0 Å². The molecule has 0 spiro atoms. The third kappa shape index (κ3) is 3.85. The molecule has 9 nitrogen and oxygen atoms in total. The van der Waals surface area contributed by atoms with Gasteiger partial charge in [0.05, 0.1) is 11.2 Å². The van der Waals surface area contributed by atoms with Gasteiger partial charge in [0.15, 0.2) is 5.96 Å². The zero-order valence-corrected chi connectivity index (χ0v) is 16.0. The summed E-state index contributed by atoms with van der Waals surface area (Å²) in [6.45, 7) is 4.18. The molecule has 0 heterocycles. The predicted molar refractivity (Wildman–Crippen MR) is 95.6 cm³/mol. The van der Waals surface area contributed by atoms with Crippen molar-refractivity contribution in [3.8, 4) is 0 Å². The molecular formula is C16H28N4O5S. The van der Waals surface area contributed by atoms with E-state index in [2.05, 4.69) is 5.32 Å². The van der Waals surface area contributed by atoms with Gasteiger partial charge in [-0.3, -0.25) is 10.2 Å². The topological polar surface area (TPSA) is 165 Å². The Balaban J connectivity index is 1.95. The molecular weight excluding hydrogens is 360 g/mol. The van der Waals surface area contributed by atoms with Gasteiger partial charge < -0.3 is 21.0 Å². The van der Waals surface area contributed by atoms with Crippen LogP contribution in [0.1, 0.15) is 46.0 Å². The van der Waals surface area contributed by atoms with Crippen LogP contribution in [0.15, 0.2) is 0 Å². The third-order valence-corrected chi connectivity index (χ3v) is 7.35. The molecule has 0 aromatic carbocycles. The molecule has 0 aromatic heterocycles. The Kier molecular flexibility index (Phi) is 5.67. The standard InChI is InChI=1S/C16H28N4O5S/c1-15(2)10-5-6-16(15,12(21)8-10)9-26(23,24)25-13(22)11(17)4-3-7-20-14(18)19/h10-11H,3-9,17H2,1-2H3,(H4,18,19,20)/t10?,11-,16?/m0/s1. The van der Waals surface area contributed by atoms with E-state index in [0.717, 1.165) is 6.42 Å². The Hall–Kier alpha value is -1.68. The highest BCUT2D eigenvalue weighted by molar-refractivity contribution is 7.87. The Labute approximate surface area is 153 Å². The minimum atomic E-state index is -4.22. The lowest BCUT2D eigenvalue weighted by Gasteiger charge is -2.35. The summed E-state index contributed by atoms with van der Waals surface area (Å²) >= 11 is 0. The van der Waals surface area contributed by atoms with Gasteiger partial charge in [0.25, 0.3) is 0 Å². The number of carbonyl (C=O) groups excluding carboxylic acids is 2. The van der Waals surface area contributed by atoms with E-state index in [1.54, 1.807) is 0 Å². The Bertz CT molecular complexity index is 705. The zero-order chi connectivity index (χ0) is 19.8. The number of rotatable bonds is 8. The molecule has 2 rings (SSSR count). The number of hydrogen-bond donors (Lipinski definition) is 4. The van der Waals surface area contributed by atoms with Crippen LogP contribution in [0.4, 0.5) is 0 Å². The van der Waals surface area contributed by atoms with Gasteiger partial charge in [-0.25, -0.2) is 4.79 Å². The fourth-order valence-corrected chi connectivity index (χ4v) is 6.00. The van der Waals surface area contributed by atoms with Crippen molar-refractivity contribution in [2.75, 3.05) is 12.3 Å². The summed E-state index contributed by atoms with van der Waals surface area (Å²) in [7, 11) is -4.22. The largest absolute Gasteiger partial charge is 0.370 e. The number of ketones is 1. The van der Waals surface area contributed by atoms with E-state index in [1.807, 2.05) is 13.8 Å². The average molecular weight is 388 g/mol. The molecule has 26 heavy (non-hydrogen) atoms. The van der Waals surface area contributed by atoms with E-state index in [-0.39, 0.29) is 24.1 Å². The van der Waals surface area contributed by atoms with Gasteiger partial charge in [-0.2, -0.15) is 8.42 Å². The van der Waals surface area contributed by atoms with Crippen molar-refractivity contribution in [2.45, 2.75) is 52.0 Å². The summed E-state index contributed by atoms with van der Waals surface area (Å²) in [5, 5.41) is 9.58. The summed E-state index contributed by atoms with van der Waals surface area (Å²) in [6, 6.07) is -1.10. The molecule has 10 heteroatoms. The monoisotopic (exact) mass is 388 g/mol. The zero-order valence-electron chi connectivity index (χ0n) is 15.2. The molecule has 0 aliphatic heterocycles. The summed E-state index contributed by atoms with van der Waals surface area (Å²) in [5.41, 5.74) is 9.41. The molecule has 2 aliphatic carbocycles. The summed E-state index contributed by atoms with van der Waals surface area (Å²) in [5.74, 6) is -1.58. The highest BCUT2D eigenvalue weighted by Gasteiger charge is 2.65. The number of hydrogen-bond acceptors (Lipinski definition) is 7. The summed E-state index contributed by atoms with van der Waals surface area (Å²) in [6.07, 6.45) is 2.31. The van der Waals surface area contributed by atoms with E-state index in [9.17, 15) is 18.0 Å². The minimum Gasteiger partial charge on any atom is -0.370 e. The lowest BCUT2D eigenvalue weighted by Crippen LogP contribution is -2.44. The Morgan fingerprint density at radius 1 is 1.46 bits per heavy atom. The SMILES string of the molecule is CC1(C)C2CCC1(CS(=O)(=O)OC(=O)[C@@H](N)CCCNC(=N)N)C(=O)C2. The van der Waals surface area contributed by atoms with E-state index in [1.165, 1.54) is 0 Å². The predicted octanol–water partition coefficient (Wildman–Crippen LogP) is -0.155. The molecule has 2 aliphatic rings. The van der Waals surface area contributed by atoms with Crippen molar-refractivity contribution in [1.82, 2.24) is 5.32 Å². The second kappa shape index (κ2) is 7.15. The van der Waals surface area contributed by atoms with Crippen LogP contribution in [-0.4, -0.2) is 44.5 Å². The molecule has 2 fully saturated rings. The van der Waals surface area contributed by atoms with E-state index < -0.39 is 38.7 Å². The average Bonchev–Trinajstić information content (AvgIpc) is 2.84. The Morgan fingerprint density at radius 2 is 2.12 bits per heavy atom. The number of fused-ring (bicyclic) bond motifs is 2. The second-order valence-electron chi connectivity index (χ2n) is 7.86. The van der Waals surface area contributed by atoms with Crippen LogP contribution in [0, 0.1) is 22.2 Å². The summed E-state index contributed by atoms with van der Waals surface area (Å²) < 4.78 is 29.6. The smallest absolute Gasteiger partial charge is 0.338 e. The minimum absolute atomic E-state index is 0.0574. The van der Waals surface area contributed by atoms with Crippen molar-refractivity contribution in [3.05, 3.63) is 0 Å². The number of nitrogens with two attached hydrogens (primary N) is 2. The van der Waals surface area contributed by atoms with Crippen LogP contribution in [0.3, 0.4) is 0 Å². The van der Waals surface area contributed by atoms with Crippen LogP contribution < -0.4 is 16.8 Å². The maximum Gasteiger partial charge on any atom is 0.338 e. The first-order chi connectivity index (χ1) is 11.9. The first-order valence-corrected chi connectivity index (χ1v) is 10.3. The van der Waals surface area contributed by atoms with E-state index in [0.29, 0.717) is 25.8 Å². The van der Waals surface area contributed by atoms with Gasteiger partial charge >= 0.3 is 16.1 Å². The molecule has 148 valence electrons. The van der Waals surface area contributed by atoms with Crippen molar-refractivity contribution >= 4 is 27.8 Å². The Morgan fingerprint density at radius 3 is 2.62 bits per heavy atom. The fourth-order valence-electron chi connectivity index (χ4n) is 4.29. The van der Waals surface area contributed by atoms with Crippen LogP contribution in [-0.2, 0) is 23.9 Å². The quantitative estimate of drug-likeness (QED) is 0.193. The van der Waals surface area contributed by atoms with Gasteiger partial charge in [-0.1, -0.05) is 13.8 Å². The normalized spacial score (nSPS) is 28.0. The van der Waals surface area contributed by atoms with Crippen molar-refractivity contribution in [3.63, 3.8) is 0 Å². The van der Waals surface area contributed by atoms with E-state index >= 15 is 0 Å². The summed E-state index contributed by atoms with van der Waals surface area (Å²) in [4.78, 5) is 24.4. The van der Waals surface area contributed by atoms with Crippen molar-refractivity contribution < 1.29 is 22.2 Å². The number of Topliss-reactive ketones (excluding diaryl/α,β-unsaturated/α-hetero) is 1. The second-order valence-corrected chi connectivity index (χ2v) is 9.43. The van der Waals surface area contributed by atoms with Crippen LogP contribution in [0.2, 0.25) is 0 Å². The molecule has 0 radical (unpaired) electrons. The van der Waals surface area contributed by atoms with Gasteiger partial charge in [0.1, 0.15) is 11.8 Å². The lowest BCUT2D eigenvalue weighted by atomic mass is 9.70. The molecule has 0 saturated heterocycles. The first-order valence-electron chi connectivity index (χ1n) is 8.74. The fraction of sp³-hybridized carbons (Fsp3) is 0.812. The van der Waals surface area contributed by atoms with Crippen LogP contribution >= 0.6 is 0 Å². The maximum absolute atomic E-state index is 12.4. The molecule has 2 bridgehead atoms. The molecule has 0 amide bonds. The molecule has 3 atom stereocenters. The molecule has 2 saturated carbocycles. The van der Waals surface area contributed by atoms with Crippen molar-refractivity contribution in [1.29, 1.82) is 5.41 Å². The highest BCUT2D eigenvalue weighted by Crippen LogP contribution is 2.64. The maximum atomic E-state index is 12.4. The first kappa shape index (κ1) is 20.6. The number of carbonyl (C=O) groups is 2. The molecule has 2 unspecified atom stereocenters. The van der Waals surface area contributed by atoms with E-state index in [4.69, 9.17) is 21.1 Å². The van der Waals surface area contributed by atoms with Crippen LogP contribution in [0.5, 0.6) is 0 Å². The number of nitrogens with one attached hydrogen (secondary N) is 2. The van der Waals surface area contributed by atoms with Crippen molar-refractivity contribution in [2.24, 2.45) is 28.2 Å². The molecule has 6 N–H and O–H groups in total. The lowest BCUT2D eigenvalue weighted by molar-refractivity contribution is -0.136. The van der Waals surface area contributed by atoms with Gasteiger partial charge in [-0.05, 0) is 37.0 Å². The van der Waals surface area contributed by atoms with Gasteiger partial charge in [0, 0.05) is 13.0 Å². The number of guanidine groups is 1. The van der Waals surface area contributed by atoms with Gasteiger partial charge in [0.2, 0.25) is 0 Å². The highest BCUT2D eigenvalue weighted by atomic mass is 32.2. The van der Waals surface area contributed by atoms with Crippen LogP contribution in [0.25, 0.3) is 0 Å².